The van der Waals surface area contributed by atoms with E-state index in [1.165, 1.54) is 31.6 Å². The first-order valence-corrected chi connectivity index (χ1v) is 12.7. The molecule has 1 aliphatic carbocycles. The maximum atomic E-state index is 12.7. The van der Waals surface area contributed by atoms with Crippen molar-refractivity contribution >= 4 is 23.8 Å². The fraction of sp³-hybridized carbons (Fsp3) is 0.840. The summed E-state index contributed by atoms with van der Waals surface area (Å²) in [5.74, 6) is -0.421. The summed E-state index contributed by atoms with van der Waals surface area (Å²) in [6, 6.07) is -0.173. The number of hydrogen-bond acceptors (Lipinski definition) is 5. The van der Waals surface area contributed by atoms with E-state index in [-0.39, 0.29) is 42.9 Å². The molecule has 1 fully saturated rings. The molecular weight excluding hydrogens is 436 g/mol. The Labute approximate surface area is 205 Å². The molecule has 1 atom stereocenters. The second-order valence-electron chi connectivity index (χ2n) is 10.3. The van der Waals surface area contributed by atoms with Crippen molar-refractivity contribution in [1.29, 1.82) is 0 Å². The number of nitrogens with one attached hydrogen (secondary N) is 3. The zero-order valence-corrected chi connectivity index (χ0v) is 21.8. The van der Waals surface area contributed by atoms with Gasteiger partial charge in [0.2, 0.25) is 17.7 Å². The summed E-state index contributed by atoms with van der Waals surface area (Å²) >= 11 is 0. The van der Waals surface area contributed by atoms with Gasteiger partial charge in [-0.05, 0) is 46.5 Å². The Balaban J connectivity index is 2.67. The molecule has 9 nitrogen and oxygen atoms in total. The van der Waals surface area contributed by atoms with E-state index in [1.54, 1.807) is 20.8 Å². The average Bonchev–Trinajstić information content (AvgIpc) is 2.96. The lowest BCUT2D eigenvalue weighted by Gasteiger charge is -2.29. The fourth-order valence-corrected chi connectivity index (χ4v) is 4.08. The highest BCUT2D eigenvalue weighted by molar-refractivity contribution is 5.84. The molecule has 196 valence electrons. The second-order valence-corrected chi connectivity index (χ2v) is 10.3. The molecule has 1 saturated carbocycles. The van der Waals surface area contributed by atoms with Gasteiger partial charge in [-0.25, -0.2) is 4.79 Å². The Morgan fingerprint density at radius 1 is 0.971 bits per heavy atom. The monoisotopic (exact) mass is 482 g/mol. The molecule has 0 saturated heterocycles. The summed E-state index contributed by atoms with van der Waals surface area (Å²) in [5, 5.41) is 8.73. The molecule has 3 N–H and O–H groups in total. The molecule has 0 bridgehead atoms. The first kappa shape index (κ1) is 29.7. The largest absolute Gasteiger partial charge is 0.444 e. The minimum absolute atomic E-state index is 0.0269. The summed E-state index contributed by atoms with van der Waals surface area (Å²) in [4.78, 5) is 49.9. The predicted molar refractivity (Wildman–Crippen MR) is 132 cm³/mol. The van der Waals surface area contributed by atoms with Gasteiger partial charge in [-0.3, -0.25) is 14.4 Å². The lowest BCUT2D eigenvalue weighted by Crippen LogP contribution is -2.50. The summed E-state index contributed by atoms with van der Waals surface area (Å²) in [7, 11) is 0. The number of amides is 4. The normalized spacial score (nSPS) is 15.6. The number of alkyl carbamates (subject to hydrolysis) is 1. The lowest BCUT2D eigenvalue weighted by atomic mass is 10.1. The molecule has 9 heteroatoms. The van der Waals surface area contributed by atoms with E-state index in [1.807, 2.05) is 0 Å². The molecule has 0 aromatic carbocycles. The van der Waals surface area contributed by atoms with Crippen LogP contribution in [-0.4, -0.2) is 66.0 Å². The van der Waals surface area contributed by atoms with Crippen molar-refractivity contribution < 1.29 is 23.9 Å². The number of nitrogens with zero attached hydrogens (tertiary/aromatic N) is 1. The molecule has 0 aromatic heterocycles. The minimum Gasteiger partial charge on any atom is -0.444 e. The molecule has 0 aliphatic heterocycles. The van der Waals surface area contributed by atoms with Crippen molar-refractivity contribution in [2.45, 2.75) is 117 Å². The van der Waals surface area contributed by atoms with Crippen LogP contribution in [0.1, 0.15) is 98.8 Å². The van der Waals surface area contributed by atoms with Crippen LogP contribution in [0.25, 0.3) is 0 Å². The number of carbonyl (C=O) groups is 4. The van der Waals surface area contributed by atoms with Crippen LogP contribution in [0.5, 0.6) is 0 Å². The van der Waals surface area contributed by atoms with E-state index in [0.717, 1.165) is 44.9 Å². The maximum absolute atomic E-state index is 12.7. The van der Waals surface area contributed by atoms with E-state index < -0.39 is 11.7 Å². The average molecular weight is 483 g/mol. The summed E-state index contributed by atoms with van der Waals surface area (Å²) < 4.78 is 5.39. The van der Waals surface area contributed by atoms with Crippen LogP contribution >= 0.6 is 0 Å². The van der Waals surface area contributed by atoms with Gasteiger partial charge in [-0.1, -0.05) is 38.5 Å². The number of hydrogen-bond donors (Lipinski definition) is 3. The smallest absolute Gasteiger partial charge is 0.407 e. The van der Waals surface area contributed by atoms with E-state index in [4.69, 9.17) is 4.74 Å². The van der Waals surface area contributed by atoms with Crippen molar-refractivity contribution in [1.82, 2.24) is 20.9 Å². The number of ether oxygens (including phenoxy) is 1. The van der Waals surface area contributed by atoms with Crippen LogP contribution in [0.3, 0.4) is 0 Å². The van der Waals surface area contributed by atoms with Gasteiger partial charge in [0.1, 0.15) is 5.60 Å². The lowest BCUT2D eigenvalue weighted by molar-refractivity contribution is -0.135. The number of carbonyl (C=O) groups excluding carboxylic acids is 4. The van der Waals surface area contributed by atoms with Gasteiger partial charge in [0, 0.05) is 39.0 Å². The number of unbranched alkanes of at least 4 members (excludes halogenated alkanes) is 2. The third-order valence-electron chi connectivity index (χ3n) is 5.77. The van der Waals surface area contributed by atoms with Gasteiger partial charge >= 0.3 is 6.09 Å². The van der Waals surface area contributed by atoms with Crippen LogP contribution in [0.4, 0.5) is 4.79 Å². The first-order valence-electron chi connectivity index (χ1n) is 12.7. The van der Waals surface area contributed by atoms with Crippen molar-refractivity contribution in [2.24, 2.45) is 0 Å². The van der Waals surface area contributed by atoms with Crippen LogP contribution in [-0.2, 0) is 19.1 Å². The van der Waals surface area contributed by atoms with Crippen LogP contribution in [0, 0.1) is 0 Å². The molecule has 34 heavy (non-hydrogen) atoms. The van der Waals surface area contributed by atoms with Crippen LogP contribution in [0.15, 0.2) is 0 Å². The molecule has 1 unspecified atom stereocenters. The number of rotatable bonds is 12. The highest BCUT2D eigenvalue weighted by atomic mass is 16.6. The van der Waals surface area contributed by atoms with Gasteiger partial charge in [-0.15, -0.1) is 0 Å². The Kier molecular flexibility index (Phi) is 13.6. The molecule has 1 rings (SSSR count). The van der Waals surface area contributed by atoms with E-state index in [9.17, 15) is 19.2 Å². The molecule has 0 spiro atoms. The fourth-order valence-electron chi connectivity index (χ4n) is 4.08. The van der Waals surface area contributed by atoms with Gasteiger partial charge in [0.25, 0.3) is 0 Å². The van der Waals surface area contributed by atoms with Crippen molar-refractivity contribution in [2.75, 3.05) is 19.6 Å². The zero-order valence-electron chi connectivity index (χ0n) is 21.8. The SMILES string of the molecule is CC(=O)NCCCCCC(CN(CC(=O)NC1CCCCCC1)C(C)=O)NC(=O)OC(C)(C)C. The standard InChI is InChI=1S/C25H46N4O5/c1-19(30)26-16-12-8-11-15-22(28-24(33)34-25(3,4)5)17-29(20(2)31)18-23(32)27-21-13-9-6-7-10-14-21/h21-22H,6-18H2,1-5H3,(H,26,30)(H,27,32)(H,28,33). The van der Waals surface area contributed by atoms with E-state index in [0.29, 0.717) is 13.0 Å². The molecule has 1 aliphatic rings. The van der Waals surface area contributed by atoms with E-state index >= 15 is 0 Å². The van der Waals surface area contributed by atoms with Crippen LogP contribution < -0.4 is 16.0 Å². The van der Waals surface area contributed by atoms with Gasteiger partial charge in [-0.2, -0.15) is 0 Å². The summed E-state index contributed by atoms with van der Waals surface area (Å²) in [6.45, 7) is 9.13. The highest BCUT2D eigenvalue weighted by Crippen LogP contribution is 2.17. The summed E-state index contributed by atoms with van der Waals surface area (Å²) in [6.07, 6.45) is 9.20. The molecule has 0 aromatic rings. The zero-order chi connectivity index (χ0) is 25.6. The molecule has 4 amide bonds. The highest BCUT2D eigenvalue weighted by Gasteiger charge is 2.24. The Morgan fingerprint density at radius 3 is 2.18 bits per heavy atom. The van der Waals surface area contributed by atoms with Crippen LogP contribution in [0.2, 0.25) is 0 Å². The first-order chi connectivity index (χ1) is 16.0. The van der Waals surface area contributed by atoms with E-state index in [2.05, 4.69) is 16.0 Å². The second kappa shape index (κ2) is 15.6. The Morgan fingerprint density at radius 2 is 1.62 bits per heavy atom. The molecule has 0 heterocycles. The minimum atomic E-state index is -0.633. The van der Waals surface area contributed by atoms with Crippen molar-refractivity contribution in [3.8, 4) is 0 Å². The maximum Gasteiger partial charge on any atom is 0.407 e. The molecular formula is C25H46N4O5. The van der Waals surface area contributed by atoms with Gasteiger partial charge in [0.15, 0.2) is 0 Å². The third-order valence-corrected chi connectivity index (χ3v) is 5.77. The topological polar surface area (TPSA) is 117 Å². The quantitative estimate of drug-likeness (QED) is 0.292. The Bertz CT molecular complexity index is 654. The van der Waals surface area contributed by atoms with Crippen molar-refractivity contribution in [3.05, 3.63) is 0 Å². The van der Waals surface area contributed by atoms with Gasteiger partial charge in [0.05, 0.1) is 6.54 Å². The molecule has 0 radical (unpaired) electrons. The third kappa shape index (κ3) is 14.8. The predicted octanol–water partition coefficient (Wildman–Crippen LogP) is 3.26. The summed E-state index contributed by atoms with van der Waals surface area (Å²) in [5.41, 5.74) is -0.633. The van der Waals surface area contributed by atoms with Crippen molar-refractivity contribution in [3.63, 3.8) is 0 Å². The Hall–Kier alpha value is -2.32. The van der Waals surface area contributed by atoms with Gasteiger partial charge < -0.3 is 25.6 Å².